The molecule has 0 aromatic rings. The van der Waals surface area contributed by atoms with Crippen molar-refractivity contribution in [2.45, 2.75) is 6.42 Å². The van der Waals surface area contributed by atoms with E-state index in [2.05, 4.69) is 0 Å². The molecule has 0 aliphatic heterocycles. The Balaban J connectivity index is 3.61. The number of aliphatic hydroxyl groups is 2. The van der Waals surface area contributed by atoms with Gasteiger partial charge in [0.15, 0.2) is 0 Å². The minimum Gasteiger partial charge on any atom is -0.395 e. The lowest BCUT2D eigenvalue weighted by molar-refractivity contribution is -0.121. The van der Waals surface area contributed by atoms with Crippen molar-refractivity contribution in [1.82, 2.24) is 10.3 Å². The molecule has 0 radical (unpaired) electrons. The van der Waals surface area contributed by atoms with Gasteiger partial charge in [-0.3, -0.25) is 15.1 Å². The summed E-state index contributed by atoms with van der Waals surface area (Å²) in [6, 6.07) is 0. The van der Waals surface area contributed by atoms with Gasteiger partial charge in [0.2, 0.25) is 5.91 Å². The van der Waals surface area contributed by atoms with E-state index in [-0.39, 0.29) is 25.5 Å². The van der Waals surface area contributed by atoms with E-state index < -0.39 is 0 Å². The highest BCUT2D eigenvalue weighted by atomic mass is 16.3. The number of aliphatic hydroxyl groups excluding tert-OH is 2. The Labute approximate surface area is 77.3 Å². The Morgan fingerprint density at radius 1 is 1.23 bits per heavy atom. The van der Waals surface area contributed by atoms with E-state index >= 15 is 0 Å². The van der Waals surface area contributed by atoms with Crippen LogP contribution in [0.3, 0.4) is 0 Å². The predicted molar refractivity (Wildman–Crippen MR) is 47.6 cm³/mol. The van der Waals surface area contributed by atoms with Crippen molar-refractivity contribution in [3.05, 3.63) is 0 Å². The van der Waals surface area contributed by atoms with Gasteiger partial charge in [-0.25, -0.2) is 5.84 Å². The summed E-state index contributed by atoms with van der Waals surface area (Å²) >= 11 is 0. The number of nitrogens with two attached hydrogens (primary N) is 1. The number of carbonyl (C=O) groups is 1. The molecule has 0 rings (SSSR count). The molecule has 0 bridgehead atoms. The number of hydrogen-bond donors (Lipinski definition) is 4. The van der Waals surface area contributed by atoms with Gasteiger partial charge in [-0.15, -0.1) is 0 Å². The number of amides is 1. The molecule has 0 heterocycles. The van der Waals surface area contributed by atoms with Crippen LogP contribution in [0.1, 0.15) is 6.42 Å². The van der Waals surface area contributed by atoms with Gasteiger partial charge in [0, 0.05) is 26.1 Å². The monoisotopic (exact) mass is 191 g/mol. The molecule has 5 N–H and O–H groups in total. The molecule has 1 amide bonds. The summed E-state index contributed by atoms with van der Waals surface area (Å²) in [5.41, 5.74) is 2.01. The minimum absolute atomic E-state index is 0.0181. The molecule has 13 heavy (non-hydrogen) atoms. The second kappa shape index (κ2) is 7.93. The number of rotatable bonds is 7. The Hall–Kier alpha value is -0.690. The molecular formula is C7H17N3O3. The molecule has 6 heteroatoms. The van der Waals surface area contributed by atoms with Crippen LogP contribution >= 0.6 is 0 Å². The first-order chi connectivity index (χ1) is 6.24. The molecular weight excluding hydrogens is 174 g/mol. The lowest BCUT2D eigenvalue weighted by Crippen LogP contribution is -2.36. The van der Waals surface area contributed by atoms with Crippen LogP contribution in [0, 0.1) is 0 Å². The van der Waals surface area contributed by atoms with E-state index in [4.69, 9.17) is 16.1 Å². The highest BCUT2D eigenvalue weighted by Crippen LogP contribution is 1.90. The van der Waals surface area contributed by atoms with E-state index in [1.165, 1.54) is 0 Å². The van der Waals surface area contributed by atoms with E-state index in [1.807, 2.05) is 5.43 Å². The van der Waals surface area contributed by atoms with Crippen LogP contribution in [0.15, 0.2) is 0 Å². The number of nitrogens with zero attached hydrogens (tertiary/aromatic N) is 1. The quantitative estimate of drug-likeness (QED) is 0.205. The van der Waals surface area contributed by atoms with E-state index in [9.17, 15) is 4.79 Å². The van der Waals surface area contributed by atoms with Crippen LogP contribution in [0.5, 0.6) is 0 Å². The minimum atomic E-state index is -0.249. The molecule has 0 aromatic carbocycles. The zero-order chi connectivity index (χ0) is 10.1. The third-order valence-electron chi connectivity index (χ3n) is 1.65. The molecule has 0 spiro atoms. The first-order valence-electron chi connectivity index (χ1n) is 4.18. The average molecular weight is 191 g/mol. The van der Waals surface area contributed by atoms with Crippen LogP contribution in [0.2, 0.25) is 0 Å². The lowest BCUT2D eigenvalue weighted by Gasteiger charge is -2.19. The van der Waals surface area contributed by atoms with Crippen LogP contribution in [-0.2, 0) is 4.79 Å². The van der Waals surface area contributed by atoms with Crippen molar-refractivity contribution in [1.29, 1.82) is 0 Å². The molecule has 0 aliphatic rings. The van der Waals surface area contributed by atoms with Crippen LogP contribution < -0.4 is 11.3 Å². The summed E-state index contributed by atoms with van der Waals surface area (Å²) < 4.78 is 0. The maximum Gasteiger partial charge on any atom is 0.235 e. The molecule has 0 atom stereocenters. The average Bonchev–Trinajstić information content (AvgIpc) is 2.14. The van der Waals surface area contributed by atoms with Crippen molar-refractivity contribution in [3.63, 3.8) is 0 Å². The van der Waals surface area contributed by atoms with Crippen LogP contribution in [0.4, 0.5) is 0 Å². The van der Waals surface area contributed by atoms with Crippen molar-refractivity contribution in [2.24, 2.45) is 5.84 Å². The standard InChI is InChI=1S/C7H17N3O3/c8-9-7(13)1-2-10(3-5-11)4-6-12/h11-12H,1-6,8H2,(H,9,13). The molecule has 0 fully saturated rings. The smallest absolute Gasteiger partial charge is 0.235 e. The fourth-order valence-corrected chi connectivity index (χ4v) is 0.950. The first kappa shape index (κ1) is 12.3. The first-order valence-corrected chi connectivity index (χ1v) is 4.18. The fraction of sp³-hybridized carbons (Fsp3) is 0.857. The molecule has 0 aromatic heterocycles. The van der Waals surface area contributed by atoms with E-state index in [0.29, 0.717) is 19.6 Å². The Bertz CT molecular complexity index is 137. The zero-order valence-corrected chi connectivity index (χ0v) is 7.57. The number of hydrogen-bond acceptors (Lipinski definition) is 5. The van der Waals surface area contributed by atoms with Crippen molar-refractivity contribution in [2.75, 3.05) is 32.8 Å². The highest BCUT2D eigenvalue weighted by Gasteiger charge is 2.05. The number of nitrogens with one attached hydrogen (secondary N) is 1. The van der Waals surface area contributed by atoms with Gasteiger partial charge in [-0.05, 0) is 0 Å². The summed E-state index contributed by atoms with van der Waals surface area (Å²) in [5, 5.41) is 17.3. The predicted octanol–water partition coefficient (Wildman–Crippen LogP) is -2.35. The fourth-order valence-electron chi connectivity index (χ4n) is 0.950. The van der Waals surface area contributed by atoms with Crippen LogP contribution in [-0.4, -0.2) is 53.9 Å². The van der Waals surface area contributed by atoms with Gasteiger partial charge in [0.25, 0.3) is 0 Å². The summed E-state index contributed by atoms with van der Waals surface area (Å²) in [6.07, 6.45) is 0.274. The summed E-state index contributed by atoms with van der Waals surface area (Å²) in [6.45, 7) is 1.44. The molecule has 0 unspecified atom stereocenters. The van der Waals surface area contributed by atoms with Crippen molar-refractivity contribution >= 4 is 5.91 Å². The second-order valence-corrected chi connectivity index (χ2v) is 2.61. The molecule has 0 aliphatic carbocycles. The topological polar surface area (TPSA) is 98.8 Å². The lowest BCUT2D eigenvalue weighted by atomic mass is 10.3. The van der Waals surface area contributed by atoms with E-state index in [0.717, 1.165) is 0 Å². The normalized spacial score (nSPS) is 10.5. The Morgan fingerprint density at radius 2 is 1.77 bits per heavy atom. The van der Waals surface area contributed by atoms with Gasteiger partial charge < -0.3 is 10.2 Å². The Kier molecular flexibility index (Phi) is 7.51. The maximum atomic E-state index is 10.7. The summed E-state index contributed by atoms with van der Waals surface area (Å²) in [5.74, 6) is 4.64. The van der Waals surface area contributed by atoms with Gasteiger partial charge in [0.05, 0.1) is 13.2 Å². The van der Waals surface area contributed by atoms with Gasteiger partial charge >= 0.3 is 0 Å². The van der Waals surface area contributed by atoms with Gasteiger partial charge in [-0.2, -0.15) is 0 Å². The highest BCUT2D eigenvalue weighted by molar-refractivity contribution is 5.75. The number of hydrazine groups is 1. The molecule has 0 saturated heterocycles. The second-order valence-electron chi connectivity index (χ2n) is 2.61. The SMILES string of the molecule is NNC(=O)CCN(CCO)CCO. The third-order valence-corrected chi connectivity index (χ3v) is 1.65. The third kappa shape index (κ3) is 6.47. The van der Waals surface area contributed by atoms with Gasteiger partial charge in [-0.1, -0.05) is 0 Å². The van der Waals surface area contributed by atoms with E-state index in [1.54, 1.807) is 4.90 Å². The van der Waals surface area contributed by atoms with Crippen LogP contribution in [0.25, 0.3) is 0 Å². The Morgan fingerprint density at radius 3 is 2.15 bits per heavy atom. The summed E-state index contributed by atoms with van der Waals surface area (Å²) in [7, 11) is 0. The van der Waals surface area contributed by atoms with Crippen molar-refractivity contribution in [3.8, 4) is 0 Å². The number of carbonyl (C=O) groups excluding carboxylic acids is 1. The molecule has 78 valence electrons. The van der Waals surface area contributed by atoms with Crippen molar-refractivity contribution < 1.29 is 15.0 Å². The maximum absolute atomic E-state index is 10.7. The summed E-state index contributed by atoms with van der Waals surface area (Å²) in [4.78, 5) is 12.5. The van der Waals surface area contributed by atoms with Gasteiger partial charge in [0.1, 0.15) is 0 Å². The molecule has 6 nitrogen and oxygen atoms in total. The largest absolute Gasteiger partial charge is 0.395 e. The molecule has 0 saturated carbocycles. The zero-order valence-electron chi connectivity index (χ0n) is 7.57.